The summed E-state index contributed by atoms with van der Waals surface area (Å²) in [5.74, 6) is 6.83. The van der Waals surface area contributed by atoms with Crippen LogP contribution in [0, 0.1) is 11.3 Å². The lowest BCUT2D eigenvalue weighted by molar-refractivity contribution is 0.218. The average molecular weight is 411 g/mol. The maximum Gasteiger partial charge on any atom is 0.263 e. The predicted octanol–water partition coefficient (Wildman–Crippen LogP) is 4.53. The van der Waals surface area contributed by atoms with E-state index in [0.29, 0.717) is 18.4 Å². The number of fused-ring (bicyclic) bond motifs is 3. The zero-order valence-electron chi connectivity index (χ0n) is 17.5. The molecule has 1 aromatic carbocycles. The first-order valence-corrected chi connectivity index (χ1v) is 11.3. The van der Waals surface area contributed by atoms with Crippen LogP contribution in [-0.2, 0) is 25.8 Å². The Morgan fingerprint density at radius 3 is 2.72 bits per heavy atom. The molecule has 3 aromatic rings. The van der Waals surface area contributed by atoms with Gasteiger partial charge < -0.3 is 0 Å². The maximum atomic E-state index is 13.4. The third-order valence-electron chi connectivity index (χ3n) is 6.21. The third kappa shape index (κ3) is 3.96. The normalized spacial score (nSPS) is 16.8. The summed E-state index contributed by atoms with van der Waals surface area (Å²) in [5.41, 5.74) is 5.48. The van der Waals surface area contributed by atoms with Gasteiger partial charge in [0.05, 0.1) is 5.39 Å². The van der Waals surface area contributed by atoms with Gasteiger partial charge in [-0.1, -0.05) is 51.1 Å². The highest BCUT2D eigenvalue weighted by Crippen LogP contribution is 2.42. The second kappa shape index (κ2) is 7.92. The molecule has 6 heteroatoms. The van der Waals surface area contributed by atoms with Crippen molar-refractivity contribution in [2.45, 2.75) is 59.4 Å². The van der Waals surface area contributed by atoms with E-state index in [2.05, 4.69) is 38.3 Å². The zero-order chi connectivity index (χ0) is 20.6. The Morgan fingerprint density at radius 1 is 1.28 bits per heavy atom. The molecule has 2 aromatic heterocycles. The van der Waals surface area contributed by atoms with Crippen molar-refractivity contribution in [2.75, 3.05) is 5.43 Å². The zero-order valence-corrected chi connectivity index (χ0v) is 18.3. The van der Waals surface area contributed by atoms with Gasteiger partial charge in [-0.15, -0.1) is 11.3 Å². The molecule has 0 fully saturated rings. The van der Waals surface area contributed by atoms with Crippen LogP contribution in [0.25, 0.3) is 10.2 Å². The van der Waals surface area contributed by atoms with E-state index in [0.717, 1.165) is 42.3 Å². The number of thiophene rings is 1. The van der Waals surface area contributed by atoms with Crippen LogP contribution in [0.1, 0.15) is 49.6 Å². The summed E-state index contributed by atoms with van der Waals surface area (Å²) >= 11 is 1.67. The summed E-state index contributed by atoms with van der Waals surface area (Å²) in [6.07, 6.45) is 4.92. The largest absolute Gasteiger partial charge is 0.294 e. The Bertz CT molecular complexity index is 1060. The Labute approximate surface area is 175 Å². The molecule has 2 heterocycles. The number of aromatic nitrogens is 2. The minimum atomic E-state index is 0.0442. The third-order valence-corrected chi connectivity index (χ3v) is 7.36. The summed E-state index contributed by atoms with van der Waals surface area (Å²) < 4.78 is 1.72. The van der Waals surface area contributed by atoms with Crippen molar-refractivity contribution in [3.8, 4) is 0 Å². The number of anilines is 1. The first-order chi connectivity index (χ1) is 13.9. The molecular weight excluding hydrogens is 380 g/mol. The molecule has 1 aliphatic rings. The number of rotatable bonds is 5. The molecular formula is C23H30N4OS. The van der Waals surface area contributed by atoms with Crippen LogP contribution < -0.4 is 16.8 Å². The van der Waals surface area contributed by atoms with Crippen molar-refractivity contribution in [1.29, 1.82) is 0 Å². The number of hydrogen-bond donors (Lipinski definition) is 2. The minimum absolute atomic E-state index is 0.0442. The van der Waals surface area contributed by atoms with Gasteiger partial charge in [0.1, 0.15) is 4.83 Å². The summed E-state index contributed by atoms with van der Waals surface area (Å²) in [6.45, 7) is 7.53. The quantitative estimate of drug-likeness (QED) is 0.479. The molecule has 5 nitrogen and oxygen atoms in total. The number of nitrogen functional groups attached to an aromatic ring is 1. The van der Waals surface area contributed by atoms with Gasteiger partial charge in [0.15, 0.2) is 0 Å². The number of hydrazine groups is 1. The number of benzene rings is 1. The van der Waals surface area contributed by atoms with Crippen molar-refractivity contribution in [1.82, 2.24) is 9.55 Å². The highest BCUT2D eigenvalue weighted by molar-refractivity contribution is 7.18. The van der Waals surface area contributed by atoms with Crippen LogP contribution in [0.3, 0.4) is 0 Å². The second-order valence-corrected chi connectivity index (χ2v) is 10.2. The van der Waals surface area contributed by atoms with E-state index in [1.54, 1.807) is 15.9 Å². The van der Waals surface area contributed by atoms with E-state index < -0.39 is 0 Å². The fourth-order valence-electron chi connectivity index (χ4n) is 4.40. The first kappa shape index (κ1) is 20.1. The molecule has 0 radical (unpaired) electrons. The number of nitrogens with one attached hydrogen (secondary N) is 1. The molecule has 0 bridgehead atoms. The highest BCUT2D eigenvalue weighted by Gasteiger charge is 2.32. The molecule has 154 valence electrons. The standard InChI is InChI=1S/C23H30N4OS/c1-23(2,3)16-11-12-17-18(14-16)29-20-19(17)21(28)27(22(25-20)26-24)13-7-10-15-8-5-4-6-9-15/h4-6,8-9,16H,7,10-14,24H2,1-3H3,(H,25,26). The van der Waals surface area contributed by atoms with Gasteiger partial charge in [-0.25, -0.2) is 10.8 Å². The van der Waals surface area contributed by atoms with E-state index in [1.807, 2.05) is 18.2 Å². The highest BCUT2D eigenvalue weighted by atomic mass is 32.1. The summed E-state index contributed by atoms with van der Waals surface area (Å²) in [5, 5.41) is 0.816. The molecule has 0 spiro atoms. The van der Waals surface area contributed by atoms with Crippen molar-refractivity contribution in [2.24, 2.45) is 17.2 Å². The van der Waals surface area contributed by atoms with Crippen molar-refractivity contribution in [3.05, 3.63) is 56.7 Å². The van der Waals surface area contributed by atoms with Crippen LogP contribution in [0.4, 0.5) is 5.95 Å². The van der Waals surface area contributed by atoms with E-state index in [9.17, 15) is 4.79 Å². The van der Waals surface area contributed by atoms with E-state index in [-0.39, 0.29) is 11.0 Å². The van der Waals surface area contributed by atoms with Gasteiger partial charge in [0.2, 0.25) is 5.95 Å². The molecule has 1 atom stereocenters. The first-order valence-electron chi connectivity index (χ1n) is 10.4. The summed E-state index contributed by atoms with van der Waals surface area (Å²) in [4.78, 5) is 20.3. The number of nitrogens with zero attached hydrogens (tertiary/aromatic N) is 2. The Hall–Kier alpha value is -2.18. The van der Waals surface area contributed by atoms with E-state index in [1.165, 1.54) is 16.0 Å². The van der Waals surface area contributed by atoms with E-state index in [4.69, 9.17) is 10.8 Å². The second-order valence-electron chi connectivity index (χ2n) is 9.12. The van der Waals surface area contributed by atoms with Crippen LogP contribution >= 0.6 is 11.3 Å². The molecule has 0 aliphatic heterocycles. The SMILES string of the molecule is CC(C)(C)C1CCc2c(sc3nc(NN)n(CCCc4ccccc4)c(=O)c23)C1. The van der Waals surface area contributed by atoms with Gasteiger partial charge >= 0.3 is 0 Å². The molecule has 0 amide bonds. The number of aryl methyl sites for hydroxylation is 2. The van der Waals surface area contributed by atoms with Crippen molar-refractivity contribution in [3.63, 3.8) is 0 Å². The Balaban J connectivity index is 1.65. The van der Waals surface area contributed by atoms with Gasteiger partial charge in [0, 0.05) is 11.4 Å². The van der Waals surface area contributed by atoms with Gasteiger partial charge in [0.25, 0.3) is 5.56 Å². The molecule has 3 N–H and O–H groups in total. The Morgan fingerprint density at radius 2 is 2.03 bits per heavy atom. The minimum Gasteiger partial charge on any atom is -0.294 e. The predicted molar refractivity (Wildman–Crippen MR) is 121 cm³/mol. The van der Waals surface area contributed by atoms with Gasteiger partial charge in [-0.2, -0.15) is 0 Å². The summed E-state index contributed by atoms with van der Waals surface area (Å²) in [7, 11) is 0. The fourth-order valence-corrected chi connectivity index (χ4v) is 5.69. The number of hydrogen-bond acceptors (Lipinski definition) is 5. The molecule has 4 rings (SSSR count). The topological polar surface area (TPSA) is 72.9 Å². The van der Waals surface area contributed by atoms with Crippen molar-refractivity contribution < 1.29 is 0 Å². The molecule has 0 saturated heterocycles. The lowest BCUT2D eigenvalue weighted by Gasteiger charge is -2.33. The Kier molecular flexibility index (Phi) is 5.49. The van der Waals surface area contributed by atoms with Gasteiger partial charge in [-0.05, 0) is 54.6 Å². The smallest absolute Gasteiger partial charge is 0.263 e. The monoisotopic (exact) mass is 410 g/mol. The molecule has 1 aliphatic carbocycles. The molecule has 0 saturated carbocycles. The lowest BCUT2D eigenvalue weighted by atomic mass is 9.72. The summed E-state index contributed by atoms with van der Waals surface area (Å²) in [6, 6.07) is 10.3. The van der Waals surface area contributed by atoms with Crippen LogP contribution in [0.2, 0.25) is 0 Å². The fraction of sp³-hybridized carbons (Fsp3) is 0.478. The van der Waals surface area contributed by atoms with Crippen LogP contribution in [0.5, 0.6) is 0 Å². The number of nitrogens with two attached hydrogens (primary N) is 1. The van der Waals surface area contributed by atoms with Crippen LogP contribution in [-0.4, -0.2) is 9.55 Å². The van der Waals surface area contributed by atoms with Gasteiger partial charge in [-0.3, -0.25) is 14.8 Å². The average Bonchev–Trinajstić information content (AvgIpc) is 3.07. The molecule has 1 unspecified atom stereocenters. The van der Waals surface area contributed by atoms with Crippen molar-refractivity contribution >= 4 is 27.5 Å². The van der Waals surface area contributed by atoms with E-state index >= 15 is 0 Å². The lowest BCUT2D eigenvalue weighted by Crippen LogP contribution is -2.29. The maximum absolute atomic E-state index is 13.4. The molecule has 29 heavy (non-hydrogen) atoms. The van der Waals surface area contributed by atoms with Crippen LogP contribution in [0.15, 0.2) is 35.1 Å².